The number of aliphatic hydroxyl groups is 1. The first-order valence-corrected chi connectivity index (χ1v) is 7.35. The Morgan fingerprint density at radius 3 is 2.53 bits per heavy atom. The second-order valence-corrected chi connectivity index (χ2v) is 6.13. The summed E-state index contributed by atoms with van der Waals surface area (Å²) in [5.74, 6) is 0.849. The summed E-state index contributed by atoms with van der Waals surface area (Å²) in [5, 5.41) is 12.5. The number of aryl methyl sites for hydroxylation is 1. The zero-order chi connectivity index (χ0) is 13.7. The third-order valence-electron chi connectivity index (χ3n) is 3.23. The van der Waals surface area contributed by atoms with Crippen molar-refractivity contribution >= 4 is 11.3 Å². The Morgan fingerprint density at radius 1 is 1.21 bits per heavy atom. The lowest BCUT2D eigenvalue weighted by molar-refractivity contribution is 0.0518. The second-order valence-electron chi connectivity index (χ2n) is 5.10. The second kappa shape index (κ2) is 6.22. The average Bonchev–Trinajstić information content (AvgIpc) is 2.90. The summed E-state index contributed by atoms with van der Waals surface area (Å²) in [7, 11) is 1.66. The normalized spacial score (nSPS) is 14.1. The van der Waals surface area contributed by atoms with E-state index in [9.17, 15) is 5.11 Å². The van der Waals surface area contributed by atoms with E-state index < -0.39 is 5.60 Å². The summed E-state index contributed by atoms with van der Waals surface area (Å²) in [6.45, 7) is 1.91. The van der Waals surface area contributed by atoms with Gasteiger partial charge in [-0.2, -0.15) is 0 Å². The fourth-order valence-electron chi connectivity index (χ4n) is 2.12. The average molecular weight is 276 g/mol. The Bertz CT molecular complexity index is 486. The maximum absolute atomic E-state index is 10.5. The smallest absolute Gasteiger partial charge is 0.118 e. The lowest BCUT2D eigenvalue weighted by Gasteiger charge is -2.23. The van der Waals surface area contributed by atoms with Gasteiger partial charge in [0.1, 0.15) is 5.75 Å². The molecule has 0 aliphatic carbocycles. The van der Waals surface area contributed by atoms with Crippen molar-refractivity contribution in [2.24, 2.45) is 0 Å². The van der Waals surface area contributed by atoms with Crippen LogP contribution in [0.1, 0.15) is 23.8 Å². The Labute approximate surface area is 118 Å². The molecule has 1 aromatic heterocycles. The monoisotopic (exact) mass is 276 g/mol. The third-order valence-corrected chi connectivity index (χ3v) is 4.17. The molecule has 0 saturated heterocycles. The molecule has 102 valence electrons. The maximum Gasteiger partial charge on any atom is 0.118 e. The van der Waals surface area contributed by atoms with E-state index >= 15 is 0 Å². The van der Waals surface area contributed by atoms with Gasteiger partial charge in [-0.05, 0) is 48.9 Å². The van der Waals surface area contributed by atoms with Gasteiger partial charge in [0.25, 0.3) is 0 Å². The van der Waals surface area contributed by atoms with Gasteiger partial charge in [0.2, 0.25) is 0 Å². The Morgan fingerprint density at radius 2 is 1.95 bits per heavy atom. The van der Waals surface area contributed by atoms with E-state index in [1.165, 1.54) is 4.88 Å². The summed E-state index contributed by atoms with van der Waals surface area (Å²) in [5.41, 5.74) is 0.468. The quantitative estimate of drug-likeness (QED) is 0.872. The molecular weight excluding hydrogens is 256 g/mol. The van der Waals surface area contributed by atoms with Crippen LogP contribution in [0, 0.1) is 0 Å². The molecule has 19 heavy (non-hydrogen) atoms. The zero-order valence-corrected chi connectivity index (χ0v) is 12.2. The van der Waals surface area contributed by atoms with Crippen molar-refractivity contribution in [2.75, 3.05) is 7.11 Å². The summed E-state index contributed by atoms with van der Waals surface area (Å²) in [6.07, 6.45) is 2.38. The topological polar surface area (TPSA) is 29.5 Å². The number of hydrogen-bond donors (Lipinski definition) is 1. The lowest BCUT2D eigenvalue weighted by Crippen LogP contribution is -2.27. The molecule has 2 rings (SSSR count). The predicted octanol–water partition coefficient (Wildman–Crippen LogP) is 3.68. The molecule has 0 bridgehead atoms. The first kappa shape index (κ1) is 14.1. The molecule has 0 saturated carbocycles. The lowest BCUT2D eigenvalue weighted by atomic mass is 9.91. The van der Waals surface area contributed by atoms with Crippen molar-refractivity contribution in [3.63, 3.8) is 0 Å². The molecule has 1 atom stereocenters. The molecule has 0 aliphatic heterocycles. The minimum Gasteiger partial charge on any atom is -0.497 e. The van der Waals surface area contributed by atoms with Crippen LogP contribution in [0.25, 0.3) is 0 Å². The Balaban J connectivity index is 1.91. The molecule has 3 heteroatoms. The molecular formula is C16H20O2S. The minimum atomic E-state index is -0.668. The Kier molecular flexibility index (Phi) is 4.61. The molecule has 1 aromatic carbocycles. The van der Waals surface area contributed by atoms with Crippen LogP contribution in [0.4, 0.5) is 0 Å². The maximum atomic E-state index is 10.5. The first-order valence-electron chi connectivity index (χ1n) is 6.47. The van der Waals surface area contributed by atoms with Gasteiger partial charge in [-0.15, -0.1) is 11.3 Å². The molecule has 1 heterocycles. The van der Waals surface area contributed by atoms with Crippen LogP contribution >= 0.6 is 11.3 Å². The highest BCUT2D eigenvalue weighted by molar-refractivity contribution is 7.09. The largest absolute Gasteiger partial charge is 0.497 e. The minimum absolute atomic E-state index is 0.668. The molecule has 1 unspecified atom stereocenters. The number of thiophene rings is 1. The summed E-state index contributed by atoms with van der Waals surface area (Å²) in [4.78, 5) is 1.33. The van der Waals surface area contributed by atoms with Crippen LogP contribution in [0.2, 0.25) is 0 Å². The van der Waals surface area contributed by atoms with Gasteiger partial charge in [0, 0.05) is 11.3 Å². The zero-order valence-electron chi connectivity index (χ0n) is 11.4. The molecule has 0 fully saturated rings. The highest BCUT2D eigenvalue weighted by atomic mass is 32.1. The van der Waals surface area contributed by atoms with Gasteiger partial charge < -0.3 is 9.84 Å². The van der Waals surface area contributed by atoms with Gasteiger partial charge >= 0.3 is 0 Å². The van der Waals surface area contributed by atoms with Crippen molar-refractivity contribution < 1.29 is 9.84 Å². The van der Waals surface area contributed by atoms with Gasteiger partial charge in [-0.25, -0.2) is 0 Å². The summed E-state index contributed by atoms with van der Waals surface area (Å²) >= 11 is 1.75. The molecule has 2 nitrogen and oxygen atoms in total. The van der Waals surface area contributed by atoms with Crippen LogP contribution in [-0.4, -0.2) is 17.8 Å². The molecule has 0 aliphatic rings. The van der Waals surface area contributed by atoms with E-state index in [1.807, 2.05) is 31.2 Å². The van der Waals surface area contributed by atoms with E-state index in [-0.39, 0.29) is 0 Å². The number of hydrogen-bond acceptors (Lipinski definition) is 3. The third kappa shape index (κ3) is 4.37. The van der Waals surface area contributed by atoms with Gasteiger partial charge in [0.05, 0.1) is 12.7 Å². The predicted molar refractivity (Wildman–Crippen MR) is 80.0 cm³/mol. The fraction of sp³-hybridized carbons (Fsp3) is 0.375. The number of rotatable bonds is 6. The number of ether oxygens (including phenoxy) is 1. The molecule has 1 N–H and O–H groups in total. The van der Waals surface area contributed by atoms with E-state index in [1.54, 1.807) is 18.4 Å². The number of benzene rings is 1. The SMILES string of the molecule is COc1ccc(CC(C)(O)CCc2cccs2)cc1. The van der Waals surface area contributed by atoms with E-state index in [4.69, 9.17) is 4.74 Å². The number of methoxy groups -OCH3 is 1. The van der Waals surface area contributed by atoms with Crippen LogP contribution in [0.5, 0.6) is 5.75 Å². The van der Waals surface area contributed by atoms with Crippen LogP contribution in [0.15, 0.2) is 41.8 Å². The summed E-state index contributed by atoms with van der Waals surface area (Å²) in [6, 6.07) is 12.1. The molecule has 0 radical (unpaired) electrons. The van der Waals surface area contributed by atoms with Crippen molar-refractivity contribution in [3.05, 3.63) is 52.2 Å². The van der Waals surface area contributed by atoms with Crippen molar-refractivity contribution in [1.82, 2.24) is 0 Å². The summed E-state index contributed by atoms with van der Waals surface area (Å²) < 4.78 is 5.13. The van der Waals surface area contributed by atoms with Gasteiger partial charge in [-0.3, -0.25) is 0 Å². The van der Waals surface area contributed by atoms with Gasteiger partial charge in [-0.1, -0.05) is 18.2 Å². The van der Waals surface area contributed by atoms with Crippen molar-refractivity contribution in [3.8, 4) is 5.75 Å². The van der Waals surface area contributed by atoms with E-state index in [0.717, 1.165) is 24.2 Å². The standard InChI is InChI=1S/C16H20O2S/c1-16(17,10-9-15-4-3-11-19-15)12-13-5-7-14(18-2)8-6-13/h3-8,11,17H,9-10,12H2,1-2H3. The highest BCUT2D eigenvalue weighted by Gasteiger charge is 2.20. The van der Waals surface area contributed by atoms with Gasteiger partial charge in [0.15, 0.2) is 0 Å². The fourth-order valence-corrected chi connectivity index (χ4v) is 2.83. The first-order chi connectivity index (χ1) is 9.09. The van der Waals surface area contributed by atoms with E-state index in [2.05, 4.69) is 17.5 Å². The van der Waals surface area contributed by atoms with Crippen molar-refractivity contribution in [1.29, 1.82) is 0 Å². The Hall–Kier alpha value is -1.32. The molecule has 0 spiro atoms. The van der Waals surface area contributed by atoms with Crippen molar-refractivity contribution in [2.45, 2.75) is 31.8 Å². The van der Waals surface area contributed by atoms with E-state index in [0.29, 0.717) is 6.42 Å². The van der Waals surface area contributed by atoms with Crippen LogP contribution in [-0.2, 0) is 12.8 Å². The van der Waals surface area contributed by atoms with Crippen LogP contribution < -0.4 is 4.74 Å². The molecule has 0 amide bonds. The highest BCUT2D eigenvalue weighted by Crippen LogP contribution is 2.22. The van der Waals surface area contributed by atoms with Crippen LogP contribution in [0.3, 0.4) is 0 Å². The molecule has 2 aromatic rings.